The second kappa shape index (κ2) is 5.95. The van der Waals surface area contributed by atoms with Crippen molar-refractivity contribution in [1.29, 1.82) is 0 Å². The Morgan fingerprint density at radius 2 is 2.08 bits per heavy atom. The van der Waals surface area contributed by atoms with Crippen LogP contribution in [0.5, 0.6) is 0 Å². The fourth-order valence-corrected chi connectivity index (χ4v) is 4.81. The van der Waals surface area contributed by atoms with Crippen molar-refractivity contribution in [3.63, 3.8) is 0 Å². The first kappa shape index (κ1) is 17.3. The van der Waals surface area contributed by atoms with Gasteiger partial charge in [0, 0.05) is 6.54 Å². The van der Waals surface area contributed by atoms with Gasteiger partial charge in [-0.05, 0) is 55.1 Å². The molecule has 0 spiro atoms. The molecular formula is C17H16F3N3O2S. The highest BCUT2D eigenvalue weighted by molar-refractivity contribution is 7.89. The molecule has 1 N–H and O–H groups in total. The van der Waals surface area contributed by atoms with Crippen LogP contribution in [0.2, 0.25) is 0 Å². The maximum absolute atomic E-state index is 12.9. The summed E-state index contributed by atoms with van der Waals surface area (Å²) in [7, 11) is -4.21. The van der Waals surface area contributed by atoms with Gasteiger partial charge in [-0.1, -0.05) is 11.6 Å². The van der Waals surface area contributed by atoms with E-state index in [1.165, 1.54) is 6.20 Å². The standard InChI is InChI=1S/C17H16F3N3O2S/c18-17(19,20)14-2-1-3-15(8-14)26(24,25)23-16-7-11-4-5-21-9-12(11)6-13(16)10-22-23/h1-3,7-8,10,12,21H,4-6,9H2. The van der Waals surface area contributed by atoms with E-state index >= 15 is 0 Å². The molecule has 26 heavy (non-hydrogen) atoms. The predicted octanol–water partition coefficient (Wildman–Crippen LogP) is 2.69. The van der Waals surface area contributed by atoms with Crippen molar-refractivity contribution >= 4 is 16.1 Å². The first-order valence-electron chi connectivity index (χ1n) is 8.18. The molecular weight excluding hydrogens is 367 g/mol. The van der Waals surface area contributed by atoms with Crippen molar-refractivity contribution in [1.82, 2.24) is 14.5 Å². The van der Waals surface area contributed by atoms with Gasteiger partial charge in [0.25, 0.3) is 10.0 Å². The van der Waals surface area contributed by atoms with Crippen molar-refractivity contribution in [3.05, 3.63) is 52.9 Å². The average molecular weight is 383 g/mol. The minimum atomic E-state index is -4.61. The SMILES string of the molecule is O=S(=O)(c1cccc(C(F)(F)F)c1)n1ncc2c1C=C1CCNCC1C2. The third-order valence-electron chi connectivity index (χ3n) is 4.83. The molecule has 9 heteroatoms. The molecule has 1 aromatic carbocycles. The summed E-state index contributed by atoms with van der Waals surface area (Å²) < 4.78 is 65.4. The monoisotopic (exact) mass is 383 g/mol. The number of hydrogen-bond acceptors (Lipinski definition) is 4. The second-order valence-electron chi connectivity index (χ2n) is 6.50. The van der Waals surface area contributed by atoms with Crippen molar-refractivity contribution in [2.45, 2.75) is 23.9 Å². The van der Waals surface area contributed by atoms with Gasteiger partial charge in [-0.25, -0.2) is 0 Å². The van der Waals surface area contributed by atoms with Crippen LogP contribution in [0.25, 0.3) is 6.08 Å². The fourth-order valence-electron chi connectivity index (χ4n) is 3.48. The summed E-state index contributed by atoms with van der Waals surface area (Å²) >= 11 is 0. The molecule has 1 aliphatic heterocycles. The van der Waals surface area contributed by atoms with Crippen LogP contribution in [0.1, 0.15) is 23.2 Å². The Labute approximate surface area is 148 Å². The molecule has 2 aromatic rings. The maximum Gasteiger partial charge on any atom is 0.416 e. The Morgan fingerprint density at radius 3 is 2.85 bits per heavy atom. The lowest BCUT2D eigenvalue weighted by Gasteiger charge is -2.29. The Balaban J connectivity index is 1.79. The minimum absolute atomic E-state index is 0.310. The number of benzene rings is 1. The number of alkyl halides is 3. The minimum Gasteiger partial charge on any atom is -0.316 e. The summed E-state index contributed by atoms with van der Waals surface area (Å²) in [5.41, 5.74) is 1.38. The second-order valence-corrected chi connectivity index (χ2v) is 8.27. The van der Waals surface area contributed by atoms with Gasteiger partial charge in [0.2, 0.25) is 0 Å². The number of rotatable bonds is 2. The molecule has 1 saturated heterocycles. The highest BCUT2D eigenvalue weighted by Gasteiger charge is 2.33. The van der Waals surface area contributed by atoms with Crippen molar-refractivity contribution in [2.75, 3.05) is 13.1 Å². The van der Waals surface area contributed by atoms with E-state index in [1.807, 2.05) is 6.08 Å². The van der Waals surface area contributed by atoms with Crippen LogP contribution in [-0.2, 0) is 22.6 Å². The molecule has 1 fully saturated rings. The third-order valence-corrected chi connectivity index (χ3v) is 6.43. The van der Waals surface area contributed by atoms with E-state index in [1.54, 1.807) is 0 Å². The zero-order valence-corrected chi connectivity index (χ0v) is 14.4. The Morgan fingerprint density at radius 1 is 1.27 bits per heavy atom. The maximum atomic E-state index is 12.9. The summed E-state index contributed by atoms with van der Waals surface area (Å²) in [5, 5.41) is 7.28. The van der Waals surface area contributed by atoms with Gasteiger partial charge >= 0.3 is 6.18 Å². The van der Waals surface area contributed by atoms with Gasteiger partial charge in [-0.15, -0.1) is 0 Å². The largest absolute Gasteiger partial charge is 0.416 e. The van der Waals surface area contributed by atoms with E-state index in [2.05, 4.69) is 10.4 Å². The van der Waals surface area contributed by atoms with Crippen molar-refractivity contribution in [3.8, 4) is 0 Å². The molecule has 2 heterocycles. The van der Waals surface area contributed by atoms with Crippen LogP contribution in [-0.4, -0.2) is 30.7 Å². The van der Waals surface area contributed by atoms with E-state index < -0.39 is 26.7 Å². The molecule has 4 rings (SSSR count). The third kappa shape index (κ3) is 2.84. The molecule has 1 unspecified atom stereocenters. The van der Waals surface area contributed by atoms with Crippen LogP contribution < -0.4 is 5.32 Å². The van der Waals surface area contributed by atoms with E-state index in [9.17, 15) is 21.6 Å². The van der Waals surface area contributed by atoms with E-state index in [0.717, 1.165) is 52.9 Å². The van der Waals surface area contributed by atoms with Gasteiger partial charge in [-0.3, -0.25) is 0 Å². The van der Waals surface area contributed by atoms with Crippen LogP contribution >= 0.6 is 0 Å². The number of nitrogens with zero attached hydrogens (tertiary/aromatic N) is 2. The van der Waals surface area contributed by atoms with Crippen molar-refractivity contribution in [2.24, 2.45) is 5.92 Å². The molecule has 0 radical (unpaired) electrons. The topological polar surface area (TPSA) is 64.0 Å². The number of aromatic nitrogens is 2. The molecule has 0 amide bonds. The first-order chi connectivity index (χ1) is 12.3. The molecule has 2 aliphatic rings. The number of halogens is 3. The molecule has 0 bridgehead atoms. The fraction of sp³-hybridized carbons (Fsp3) is 0.353. The van der Waals surface area contributed by atoms with Gasteiger partial charge < -0.3 is 5.32 Å². The van der Waals surface area contributed by atoms with Gasteiger partial charge in [0.15, 0.2) is 0 Å². The molecule has 5 nitrogen and oxygen atoms in total. The summed E-state index contributed by atoms with van der Waals surface area (Å²) in [5.74, 6) is 0.310. The van der Waals surface area contributed by atoms with Crippen LogP contribution in [0, 0.1) is 5.92 Å². The predicted molar refractivity (Wildman–Crippen MR) is 88.9 cm³/mol. The lowest BCUT2D eigenvalue weighted by Crippen LogP contribution is -2.34. The number of hydrogen-bond donors (Lipinski definition) is 1. The van der Waals surface area contributed by atoms with Crippen LogP contribution in [0.4, 0.5) is 13.2 Å². The van der Waals surface area contributed by atoms with Crippen LogP contribution in [0.15, 0.2) is 40.9 Å². The highest BCUT2D eigenvalue weighted by Crippen LogP contribution is 2.34. The summed E-state index contributed by atoms with van der Waals surface area (Å²) in [6.45, 7) is 1.66. The van der Waals surface area contributed by atoms with E-state index in [4.69, 9.17) is 0 Å². The van der Waals surface area contributed by atoms with Crippen LogP contribution in [0.3, 0.4) is 0 Å². The molecule has 1 aliphatic carbocycles. The number of fused-ring (bicyclic) bond motifs is 2. The first-order valence-corrected chi connectivity index (χ1v) is 9.62. The van der Waals surface area contributed by atoms with Gasteiger partial charge in [-0.2, -0.15) is 30.8 Å². The quantitative estimate of drug-likeness (QED) is 0.866. The molecule has 138 valence electrons. The molecule has 1 aromatic heterocycles. The van der Waals surface area contributed by atoms with Crippen molar-refractivity contribution < 1.29 is 21.6 Å². The summed E-state index contributed by atoms with van der Waals surface area (Å²) in [4.78, 5) is -0.427. The van der Waals surface area contributed by atoms with Gasteiger partial charge in [0.05, 0.1) is 22.3 Å². The Hall–Kier alpha value is -2.13. The average Bonchev–Trinajstić information content (AvgIpc) is 3.02. The smallest absolute Gasteiger partial charge is 0.316 e. The summed E-state index contributed by atoms with van der Waals surface area (Å²) in [6.07, 6.45) is 0.190. The van der Waals surface area contributed by atoms with E-state index in [-0.39, 0.29) is 0 Å². The lowest BCUT2D eigenvalue weighted by molar-refractivity contribution is -0.137. The Kier molecular flexibility index (Phi) is 3.96. The summed E-state index contributed by atoms with van der Waals surface area (Å²) in [6, 6.07) is 3.74. The number of piperidine rings is 1. The van der Waals surface area contributed by atoms with E-state index in [0.29, 0.717) is 24.1 Å². The Bertz CT molecular complexity index is 993. The highest BCUT2D eigenvalue weighted by atomic mass is 32.2. The molecule has 0 saturated carbocycles. The zero-order valence-electron chi connectivity index (χ0n) is 13.6. The lowest BCUT2D eigenvalue weighted by atomic mass is 9.83. The zero-order chi connectivity index (χ0) is 18.5. The number of nitrogens with one attached hydrogen (secondary N) is 1. The molecule has 1 atom stereocenters. The normalized spacial score (nSPS) is 20.3. The van der Waals surface area contributed by atoms with Gasteiger partial charge in [0.1, 0.15) is 0 Å².